The van der Waals surface area contributed by atoms with E-state index in [9.17, 15) is 9.59 Å². The number of rotatable bonds is 3. The Hall–Kier alpha value is -2.34. The number of likely N-dealkylation sites (tertiary alicyclic amines) is 1. The Kier molecular flexibility index (Phi) is 4.91. The van der Waals surface area contributed by atoms with Crippen molar-refractivity contribution in [2.45, 2.75) is 38.6 Å². The first-order chi connectivity index (χ1) is 13.0. The molecule has 1 aromatic heterocycles. The third-order valence-corrected chi connectivity index (χ3v) is 5.87. The Morgan fingerprint density at radius 1 is 1.26 bits per heavy atom. The van der Waals surface area contributed by atoms with Crippen LogP contribution in [-0.2, 0) is 11.2 Å². The van der Waals surface area contributed by atoms with Crippen LogP contribution in [0.2, 0.25) is 5.02 Å². The summed E-state index contributed by atoms with van der Waals surface area (Å²) in [5.41, 5.74) is 2.89. The van der Waals surface area contributed by atoms with E-state index >= 15 is 0 Å². The smallest absolute Gasteiger partial charge is 0.259 e. The molecule has 1 atom stereocenters. The number of piperidine rings is 1. The van der Waals surface area contributed by atoms with Crippen molar-refractivity contribution in [1.82, 2.24) is 15.4 Å². The van der Waals surface area contributed by atoms with Gasteiger partial charge in [0.2, 0.25) is 5.91 Å². The van der Waals surface area contributed by atoms with Crippen LogP contribution >= 0.6 is 11.6 Å². The summed E-state index contributed by atoms with van der Waals surface area (Å²) < 4.78 is 4.98. The van der Waals surface area contributed by atoms with Crippen LogP contribution in [0.5, 0.6) is 0 Å². The van der Waals surface area contributed by atoms with Gasteiger partial charge in [0.25, 0.3) is 5.91 Å². The number of hydrogen-bond donors (Lipinski definition) is 1. The van der Waals surface area contributed by atoms with E-state index in [0.29, 0.717) is 37.3 Å². The van der Waals surface area contributed by atoms with Gasteiger partial charge in [-0.15, -0.1) is 0 Å². The van der Waals surface area contributed by atoms with Gasteiger partial charge in [-0.05, 0) is 55.9 Å². The van der Waals surface area contributed by atoms with Gasteiger partial charge in [0.1, 0.15) is 11.3 Å². The molecule has 2 heterocycles. The van der Waals surface area contributed by atoms with Gasteiger partial charge in [0.05, 0.1) is 12.2 Å². The van der Waals surface area contributed by atoms with Crippen molar-refractivity contribution in [3.05, 3.63) is 51.9 Å². The molecule has 1 aliphatic carbocycles. The van der Waals surface area contributed by atoms with Gasteiger partial charge in [-0.1, -0.05) is 22.8 Å². The topological polar surface area (TPSA) is 75.4 Å². The average Bonchev–Trinajstić information content (AvgIpc) is 3.27. The molecule has 2 aliphatic rings. The first-order valence-corrected chi connectivity index (χ1v) is 9.70. The summed E-state index contributed by atoms with van der Waals surface area (Å²) in [5, 5.41) is 7.60. The number of fused-ring (bicyclic) bond motifs is 1. The normalized spacial score (nSPS) is 19.8. The average molecular weight is 388 g/mol. The fourth-order valence-electron chi connectivity index (χ4n) is 4.04. The quantitative estimate of drug-likeness (QED) is 0.876. The van der Waals surface area contributed by atoms with Crippen LogP contribution in [0.1, 0.15) is 52.5 Å². The summed E-state index contributed by atoms with van der Waals surface area (Å²) in [6, 6.07) is 5.93. The molecule has 0 saturated carbocycles. The number of amides is 2. The summed E-state index contributed by atoms with van der Waals surface area (Å²) >= 11 is 6.06. The lowest BCUT2D eigenvalue weighted by Crippen LogP contribution is -2.43. The standard InChI is InChI=1S/C20H22ClN3O3/c1-12-17(11-22-27-12)20(26)24-8-6-13(7-9-24)19(25)23-18-5-2-14-10-15(21)3-4-16(14)18/h3-4,10-11,13,18H,2,5-9H2,1H3,(H,23,25)/t18-/m1/s1. The second kappa shape index (κ2) is 7.35. The Balaban J connectivity index is 1.33. The van der Waals surface area contributed by atoms with E-state index in [1.807, 2.05) is 18.2 Å². The fraction of sp³-hybridized carbons (Fsp3) is 0.450. The van der Waals surface area contributed by atoms with Crippen LogP contribution in [0.15, 0.2) is 28.9 Å². The van der Waals surface area contributed by atoms with Crippen molar-refractivity contribution in [3.63, 3.8) is 0 Å². The number of halogens is 1. The van der Waals surface area contributed by atoms with E-state index in [1.165, 1.54) is 17.3 Å². The van der Waals surface area contributed by atoms with Gasteiger partial charge in [0.15, 0.2) is 0 Å². The van der Waals surface area contributed by atoms with Crippen molar-refractivity contribution < 1.29 is 14.1 Å². The molecule has 0 unspecified atom stereocenters. The molecule has 2 amide bonds. The number of nitrogens with zero attached hydrogens (tertiary/aromatic N) is 2. The largest absolute Gasteiger partial charge is 0.361 e. The molecule has 27 heavy (non-hydrogen) atoms. The first kappa shape index (κ1) is 18.0. The van der Waals surface area contributed by atoms with Crippen molar-refractivity contribution in [2.24, 2.45) is 5.92 Å². The lowest BCUT2D eigenvalue weighted by Gasteiger charge is -2.31. The molecule has 1 fully saturated rings. The molecule has 6 nitrogen and oxygen atoms in total. The number of aryl methyl sites for hydroxylation is 2. The maximum atomic E-state index is 12.7. The lowest BCUT2D eigenvalue weighted by atomic mass is 9.94. The van der Waals surface area contributed by atoms with Crippen LogP contribution in [0.25, 0.3) is 0 Å². The lowest BCUT2D eigenvalue weighted by molar-refractivity contribution is -0.127. The molecule has 0 radical (unpaired) electrons. The summed E-state index contributed by atoms with van der Waals surface area (Å²) in [5.74, 6) is 0.471. The van der Waals surface area contributed by atoms with E-state index in [1.54, 1.807) is 11.8 Å². The molecule has 2 aromatic rings. The molecule has 0 bridgehead atoms. The SMILES string of the molecule is Cc1oncc1C(=O)N1CCC(C(=O)N[C@@H]2CCc3cc(Cl)ccc32)CC1. The third-order valence-electron chi connectivity index (χ3n) is 5.63. The maximum Gasteiger partial charge on any atom is 0.259 e. The van der Waals surface area contributed by atoms with Crippen molar-refractivity contribution in [2.75, 3.05) is 13.1 Å². The van der Waals surface area contributed by atoms with Crippen molar-refractivity contribution in [3.8, 4) is 0 Å². The predicted octanol–water partition coefficient (Wildman–Crippen LogP) is 3.29. The number of hydrogen-bond acceptors (Lipinski definition) is 4. The first-order valence-electron chi connectivity index (χ1n) is 9.32. The predicted molar refractivity (Wildman–Crippen MR) is 101 cm³/mol. The molecule has 7 heteroatoms. The summed E-state index contributed by atoms with van der Waals surface area (Å²) in [4.78, 5) is 27.0. The van der Waals surface area contributed by atoms with Gasteiger partial charge >= 0.3 is 0 Å². The minimum absolute atomic E-state index is 0.0593. The van der Waals surface area contributed by atoms with E-state index < -0.39 is 0 Å². The zero-order valence-corrected chi connectivity index (χ0v) is 16.0. The monoisotopic (exact) mass is 387 g/mol. The summed E-state index contributed by atoms with van der Waals surface area (Å²) in [6.45, 7) is 2.86. The van der Waals surface area contributed by atoms with E-state index in [4.69, 9.17) is 16.1 Å². The molecular weight excluding hydrogens is 366 g/mol. The Labute approximate surface area is 162 Å². The maximum absolute atomic E-state index is 12.7. The number of carbonyl (C=O) groups excluding carboxylic acids is 2. The molecule has 1 aromatic carbocycles. The highest BCUT2D eigenvalue weighted by Crippen LogP contribution is 2.33. The Bertz CT molecular complexity index is 871. The second-order valence-electron chi connectivity index (χ2n) is 7.31. The van der Waals surface area contributed by atoms with Gasteiger partial charge in [-0.25, -0.2) is 0 Å². The zero-order valence-electron chi connectivity index (χ0n) is 15.2. The summed E-state index contributed by atoms with van der Waals surface area (Å²) in [7, 11) is 0. The van der Waals surface area contributed by atoms with E-state index in [-0.39, 0.29) is 23.8 Å². The minimum atomic E-state index is -0.0748. The highest BCUT2D eigenvalue weighted by molar-refractivity contribution is 6.30. The molecule has 1 aliphatic heterocycles. The van der Waals surface area contributed by atoms with Crippen LogP contribution in [0, 0.1) is 12.8 Å². The van der Waals surface area contributed by atoms with Crippen LogP contribution < -0.4 is 5.32 Å². The fourth-order valence-corrected chi connectivity index (χ4v) is 4.24. The van der Waals surface area contributed by atoms with Crippen LogP contribution in [0.4, 0.5) is 0 Å². The Morgan fingerprint density at radius 2 is 2.04 bits per heavy atom. The Morgan fingerprint density at radius 3 is 2.74 bits per heavy atom. The van der Waals surface area contributed by atoms with Gasteiger partial charge < -0.3 is 14.7 Å². The highest BCUT2D eigenvalue weighted by Gasteiger charge is 2.31. The van der Waals surface area contributed by atoms with Crippen molar-refractivity contribution in [1.29, 1.82) is 0 Å². The second-order valence-corrected chi connectivity index (χ2v) is 7.74. The molecule has 142 valence electrons. The summed E-state index contributed by atoms with van der Waals surface area (Å²) in [6.07, 6.45) is 4.64. The van der Waals surface area contributed by atoms with Gasteiger partial charge in [0, 0.05) is 24.0 Å². The van der Waals surface area contributed by atoms with Gasteiger partial charge in [-0.3, -0.25) is 9.59 Å². The number of carbonyl (C=O) groups is 2. The number of nitrogens with one attached hydrogen (secondary N) is 1. The molecule has 4 rings (SSSR count). The van der Waals surface area contributed by atoms with Crippen LogP contribution in [-0.4, -0.2) is 35.0 Å². The third kappa shape index (κ3) is 3.58. The van der Waals surface area contributed by atoms with E-state index in [0.717, 1.165) is 17.9 Å². The molecular formula is C20H22ClN3O3. The van der Waals surface area contributed by atoms with Crippen LogP contribution in [0.3, 0.4) is 0 Å². The number of aromatic nitrogens is 1. The molecule has 1 N–H and O–H groups in total. The zero-order chi connectivity index (χ0) is 19.0. The van der Waals surface area contributed by atoms with Crippen molar-refractivity contribution >= 4 is 23.4 Å². The van der Waals surface area contributed by atoms with Gasteiger partial charge in [-0.2, -0.15) is 0 Å². The minimum Gasteiger partial charge on any atom is -0.361 e. The molecule has 0 spiro atoms. The van der Waals surface area contributed by atoms with E-state index in [2.05, 4.69) is 10.5 Å². The highest BCUT2D eigenvalue weighted by atomic mass is 35.5. The molecule has 1 saturated heterocycles. The number of benzene rings is 1.